The van der Waals surface area contributed by atoms with Crippen molar-refractivity contribution in [3.8, 4) is 11.8 Å². The van der Waals surface area contributed by atoms with Gasteiger partial charge in [-0.25, -0.2) is 9.37 Å². The molecule has 0 unspecified atom stereocenters. The zero-order valence-electron chi connectivity index (χ0n) is 11.0. The van der Waals surface area contributed by atoms with E-state index in [-0.39, 0.29) is 12.6 Å². The van der Waals surface area contributed by atoms with Crippen LogP contribution in [0.25, 0.3) is 0 Å². The summed E-state index contributed by atoms with van der Waals surface area (Å²) in [6.07, 6.45) is 1.54. The number of rotatable bonds is 4. The van der Waals surface area contributed by atoms with E-state index >= 15 is 0 Å². The van der Waals surface area contributed by atoms with Crippen LogP contribution in [0, 0.1) is 17.1 Å². The number of nitrogens with two attached hydrogens (primary N) is 1. The molecule has 0 fully saturated rings. The number of nitrogens with zero attached hydrogens (tertiary/aromatic N) is 2. The first-order valence-corrected chi connectivity index (χ1v) is 6.13. The minimum absolute atomic E-state index is 0.139. The number of benzene rings is 1. The predicted molar refractivity (Wildman–Crippen MR) is 72.3 cm³/mol. The molecule has 0 saturated carbocycles. The van der Waals surface area contributed by atoms with Crippen molar-refractivity contribution in [2.45, 2.75) is 19.6 Å². The molecule has 2 aromatic rings. The van der Waals surface area contributed by atoms with E-state index in [2.05, 4.69) is 4.98 Å². The van der Waals surface area contributed by atoms with Gasteiger partial charge in [0.05, 0.1) is 0 Å². The Morgan fingerprint density at radius 1 is 1.45 bits per heavy atom. The first kappa shape index (κ1) is 14.0. The number of hydrogen-bond acceptors (Lipinski definition) is 4. The van der Waals surface area contributed by atoms with Crippen LogP contribution in [0.2, 0.25) is 0 Å². The van der Waals surface area contributed by atoms with Crippen molar-refractivity contribution in [1.29, 1.82) is 5.26 Å². The molecule has 1 heterocycles. The summed E-state index contributed by atoms with van der Waals surface area (Å²) in [6, 6.07) is 9.43. The summed E-state index contributed by atoms with van der Waals surface area (Å²) < 4.78 is 18.9. The summed E-state index contributed by atoms with van der Waals surface area (Å²) in [5, 5.41) is 8.95. The van der Waals surface area contributed by atoms with Gasteiger partial charge >= 0.3 is 0 Å². The molecule has 102 valence electrons. The summed E-state index contributed by atoms with van der Waals surface area (Å²) in [6.45, 7) is 1.94. The van der Waals surface area contributed by atoms with Gasteiger partial charge < -0.3 is 10.5 Å². The molecule has 0 spiro atoms. The number of pyridine rings is 1. The number of nitriles is 1. The average molecular weight is 271 g/mol. The van der Waals surface area contributed by atoms with Gasteiger partial charge in [-0.3, -0.25) is 0 Å². The molecule has 0 bridgehead atoms. The van der Waals surface area contributed by atoms with Crippen molar-refractivity contribution in [2.24, 2.45) is 5.73 Å². The summed E-state index contributed by atoms with van der Waals surface area (Å²) in [4.78, 5) is 3.94. The molecule has 0 radical (unpaired) electrons. The molecule has 0 aliphatic heterocycles. The van der Waals surface area contributed by atoms with Crippen LogP contribution in [-0.4, -0.2) is 4.98 Å². The van der Waals surface area contributed by atoms with Crippen molar-refractivity contribution in [3.05, 3.63) is 59.2 Å². The quantitative estimate of drug-likeness (QED) is 0.928. The van der Waals surface area contributed by atoms with Gasteiger partial charge in [-0.15, -0.1) is 0 Å². The zero-order valence-corrected chi connectivity index (χ0v) is 11.0. The maximum absolute atomic E-state index is 13.3. The largest absolute Gasteiger partial charge is 0.488 e. The molecule has 0 amide bonds. The van der Waals surface area contributed by atoms with Crippen molar-refractivity contribution in [2.75, 3.05) is 0 Å². The van der Waals surface area contributed by atoms with Gasteiger partial charge in [-0.1, -0.05) is 12.1 Å². The Hall–Kier alpha value is -2.45. The van der Waals surface area contributed by atoms with Crippen LogP contribution in [0.1, 0.15) is 29.8 Å². The predicted octanol–water partition coefficient (Wildman–Crippen LogP) is 2.69. The molecule has 0 saturated heterocycles. The van der Waals surface area contributed by atoms with Crippen LogP contribution in [-0.2, 0) is 6.61 Å². The third kappa shape index (κ3) is 3.11. The lowest BCUT2D eigenvalue weighted by molar-refractivity contribution is 0.299. The van der Waals surface area contributed by atoms with Gasteiger partial charge in [-0.05, 0) is 19.1 Å². The van der Waals surface area contributed by atoms with Crippen LogP contribution >= 0.6 is 0 Å². The highest BCUT2D eigenvalue weighted by molar-refractivity contribution is 5.37. The maximum atomic E-state index is 13.3. The molecule has 1 aromatic heterocycles. The molecular formula is C15H14FN3O. The maximum Gasteiger partial charge on any atom is 0.147 e. The lowest BCUT2D eigenvalue weighted by Crippen LogP contribution is -2.09. The van der Waals surface area contributed by atoms with Crippen molar-refractivity contribution in [3.63, 3.8) is 0 Å². The molecule has 1 atom stereocenters. The second-order valence-corrected chi connectivity index (χ2v) is 4.38. The smallest absolute Gasteiger partial charge is 0.147 e. The molecule has 20 heavy (non-hydrogen) atoms. The molecule has 2 N–H and O–H groups in total. The number of hydrogen-bond donors (Lipinski definition) is 1. The fourth-order valence-corrected chi connectivity index (χ4v) is 1.82. The van der Waals surface area contributed by atoms with Gasteiger partial charge in [-0.2, -0.15) is 5.26 Å². The Bertz CT molecular complexity index is 650. The molecule has 5 heteroatoms. The van der Waals surface area contributed by atoms with E-state index in [9.17, 15) is 4.39 Å². The number of ether oxygens (including phenoxy) is 1. The molecule has 4 nitrogen and oxygen atoms in total. The Morgan fingerprint density at radius 3 is 2.95 bits per heavy atom. The van der Waals surface area contributed by atoms with Crippen LogP contribution in [0.5, 0.6) is 5.75 Å². The van der Waals surface area contributed by atoms with Gasteiger partial charge in [0.15, 0.2) is 0 Å². The fraction of sp³-hybridized carbons (Fsp3) is 0.200. The summed E-state index contributed by atoms with van der Waals surface area (Å²) in [5.74, 6) is -0.0103. The SMILES string of the molecule is C[C@H](N)c1ccc(F)cc1OCc1cccnc1C#N. The highest BCUT2D eigenvalue weighted by atomic mass is 19.1. The molecule has 0 aliphatic carbocycles. The van der Waals surface area contributed by atoms with Gasteiger partial charge in [0.1, 0.15) is 29.9 Å². The Balaban J connectivity index is 2.23. The Labute approximate surface area is 116 Å². The normalized spacial score (nSPS) is 11.7. The van der Waals surface area contributed by atoms with Crippen LogP contribution in [0.15, 0.2) is 36.5 Å². The number of halogens is 1. The van der Waals surface area contributed by atoms with E-state index in [0.717, 1.165) is 0 Å². The number of aromatic nitrogens is 1. The van der Waals surface area contributed by atoms with Crippen LogP contribution in [0.3, 0.4) is 0 Å². The standard InChI is InChI=1S/C15H14FN3O/c1-10(18)13-5-4-12(16)7-15(13)20-9-11-3-2-6-19-14(11)8-17/h2-7,10H,9,18H2,1H3/t10-/m0/s1. The van der Waals surface area contributed by atoms with E-state index in [1.807, 2.05) is 6.07 Å². The third-order valence-corrected chi connectivity index (χ3v) is 2.85. The van der Waals surface area contributed by atoms with Gasteiger partial charge in [0.2, 0.25) is 0 Å². The minimum atomic E-state index is -0.393. The summed E-state index contributed by atoms with van der Waals surface area (Å²) in [5.41, 5.74) is 7.48. The highest BCUT2D eigenvalue weighted by Gasteiger charge is 2.11. The third-order valence-electron chi connectivity index (χ3n) is 2.85. The van der Waals surface area contributed by atoms with Gasteiger partial charge in [0, 0.05) is 29.4 Å². The topological polar surface area (TPSA) is 71.9 Å². The van der Waals surface area contributed by atoms with Crippen molar-refractivity contribution >= 4 is 0 Å². The molecule has 2 rings (SSSR count). The lowest BCUT2D eigenvalue weighted by Gasteiger charge is -2.14. The summed E-state index contributed by atoms with van der Waals surface area (Å²) in [7, 11) is 0. The average Bonchev–Trinajstić information content (AvgIpc) is 2.45. The molecular weight excluding hydrogens is 257 g/mol. The van der Waals surface area contributed by atoms with Crippen molar-refractivity contribution < 1.29 is 9.13 Å². The van der Waals surface area contributed by atoms with Crippen LogP contribution in [0.4, 0.5) is 4.39 Å². The lowest BCUT2D eigenvalue weighted by atomic mass is 10.1. The van der Waals surface area contributed by atoms with E-state index in [1.54, 1.807) is 25.1 Å². The van der Waals surface area contributed by atoms with E-state index in [4.69, 9.17) is 15.7 Å². The van der Waals surface area contributed by atoms with E-state index < -0.39 is 5.82 Å². The first-order chi connectivity index (χ1) is 9.61. The molecule has 0 aliphatic rings. The molecule has 1 aromatic carbocycles. The Kier molecular flexibility index (Phi) is 4.28. The second-order valence-electron chi connectivity index (χ2n) is 4.38. The minimum Gasteiger partial charge on any atom is -0.488 e. The van der Waals surface area contributed by atoms with E-state index in [1.165, 1.54) is 18.3 Å². The van der Waals surface area contributed by atoms with Crippen molar-refractivity contribution in [1.82, 2.24) is 4.98 Å². The highest BCUT2D eigenvalue weighted by Crippen LogP contribution is 2.25. The van der Waals surface area contributed by atoms with Gasteiger partial charge in [0.25, 0.3) is 0 Å². The zero-order chi connectivity index (χ0) is 14.5. The van der Waals surface area contributed by atoms with E-state index in [0.29, 0.717) is 22.6 Å². The fourth-order valence-electron chi connectivity index (χ4n) is 1.82. The Morgan fingerprint density at radius 2 is 2.25 bits per heavy atom. The monoisotopic (exact) mass is 271 g/mol. The van der Waals surface area contributed by atoms with Crippen LogP contribution < -0.4 is 10.5 Å². The first-order valence-electron chi connectivity index (χ1n) is 6.13. The second kappa shape index (κ2) is 6.13. The summed E-state index contributed by atoms with van der Waals surface area (Å²) >= 11 is 0.